The second-order valence-corrected chi connectivity index (χ2v) is 6.30. The van der Waals surface area contributed by atoms with Crippen molar-refractivity contribution < 1.29 is 4.74 Å². The standard InChI is InChI=1S/C14H28N2O/c1-4-12-10-17-9-8-16(12)14(11-15)7-5-6-13(14,2)3/h12H,4-11,15H2,1-3H3. The minimum absolute atomic E-state index is 0.206. The number of nitrogens with two attached hydrogens (primary N) is 1. The van der Waals surface area contributed by atoms with Gasteiger partial charge < -0.3 is 10.5 Å². The van der Waals surface area contributed by atoms with Gasteiger partial charge in [0.15, 0.2) is 0 Å². The number of hydrogen-bond donors (Lipinski definition) is 1. The molecule has 100 valence electrons. The minimum Gasteiger partial charge on any atom is -0.378 e. The number of ether oxygens (including phenoxy) is 1. The SMILES string of the molecule is CCC1COCCN1C1(CN)CCCC1(C)C. The molecular weight excluding hydrogens is 212 g/mol. The van der Waals surface area contributed by atoms with Crippen molar-refractivity contribution in [1.82, 2.24) is 4.90 Å². The van der Waals surface area contributed by atoms with Crippen LogP contribution in [-0.4, -0.2) is 42.8 Å². The van der Waals surface area contributed by atoms with Crippen LogP contribution in [0.25, 0.3) is 0 Å². The van der Waals surface area contributed by atoms with Crippen LogP contribution in [-0.2, 0) is 4.74 Å². The van der Waals surface area contributed by atoms with Crippen LogP contribution in [0.4, 0.5) is 0 Å². The third-order valence-electron chi connectivity index (χ3n) is 5.24. The predicted molar refractivity (Wildman–Crippen MR) is 71.0 cm³/mol. The van der Waals surface area contributed by atoms with Crippen LogP contribution >= 0.6 is 0 Å². The average Bonchev–Trinajstić information content (AvgIpc) is 2.65. The van der Waals surface area contributed by atoms with E-state index in [-0.39, 0.29) is 5.54 Å². The summed E-state index contributed by atoms with van der Waals surface area (Å²) >= 11 is 0. The highest BCUT2D eigenvalue weighted by molar-refractivity contribution is 5.08. The summed E-state index contributed by atoms with van der Waals surface area (Å²) in [7, 11) is 0. The number of hydrogen-bond acceptors (Lipinski definition) is 3. The smallest absolute Gasteiger partial charge is 0.0622 e. The Bertz CT molecular complexity index is 267. The lowest BCUT2D eigenvalue weighted by Gasteiger charge is -2.54. The zero-order valence-corrected chi connectivity index (χ0v) is 11.7. The molecule has 2 aliphatic rings. The third kappa shape index (κ3) is 2.02. The zero-order valence-electron chi connectivity index (χ0n) is 11.7. The van der Waals surface area contributed by atoms with Crippen LogP contribution < -0.4 is 5.73 Å². The summed E-state index contributed by atoms with van der Waals surface area (Å²) in [5.74, 6) is 0. The minimum atomic E-state index is 0.206. The lowest BCUT2D eigenvalue weighted by atomic mass is 9.72. The fraction of sp³-hybridized carbons (Fsp3) is 1.00. The molecular formula is C14H28N2O. The van der Waals surface area contributed by atoms with E-state index in [0.29, 0.717) is 11.5 Å². The Hall–Kier alpha value is -0.120. The largest absolute Gasteiger partial charge is 0.378 e. The van der Waals surface area contributed by atoms with Gasteiger partial charge in [-0.1, -0.05) is 27.2 Å². The number of rotatable bonds is 3. The first-order valence-electron chi connectivity index (χ1n) is 7.12. The molecule has 1 aliphatic carbocycles. The van der Waals surface area contributed by atoms with Crippen molar-refractivity contribution in [3.63, 3.8) is 0 Å². The molecule has 1 saturated carbocycles. The molecule has 17 heavy (non-hydrogen) atoms. The molecule has 0 aromatic carbocycles. The quantitative estimate of drug-likeness (QED) is 0.820. The zero-order chi connectivity index (χ0) is 12.5. The van der Waals surface area contributed by atoms with Crippen LogP contribution in [0.15, 0.2) is 0 Å². The van der Waals surface area contributed by atoms with E-state index < -0.39 is 0 Å². The highest BCUT2D eigenvalue weighted by Crippen LogP contribution is 2.50. The van der Waals surface area contributed by atoms with Gasteiger partial charge in [-0.05, 0) is 24.7 Å². The van der Waals surface area contributed by atoms with E-state index in [9.17, 15) is 0 Å². The highest BCUT2D eigenvalue weighted by atomic mass is 16.5. The van der Waals surface area contributed by atoms with E-state index in [1.54, 1.807) is 0 Å². The van der Waals surface area contributed by atoms with Gasteiger partial charge in [-0.3, -0.25) is 4.90 Å². The molecule has 0 aromatic rings. The molecule has 0 amide bonds. The summed E-state index contributed by atoms with van der Waals surface area (Å²) in [5, 5.41) is 0. The Morgan fingerprint density at radius 3 is 2.65 bits per heavy atom. The van der Waals surface area contributed by atoms with Crippen molar-refractivity contribution in [2.75, 3.05) is 26.3 Å². The lowest BCUT2D eigenvalue weighted by molar-refractivity contribution is -0.0942. The Morgan fingerprint density at radius 1 is 1.35 bits per heavy atom. The van der Waals surface area contributed by atoms with Crippen molar-refractivity contribution in [2.45, 2.75) is 58.0 Å². The first-order valence-corrected chi connectivity index (χ1v) is 7.12. The van der Waals surface area contributed by atoms with Crippen molar-refractivity contribution in [1.29, 1.82) is 0 Å². The number of morpholine rings is 1. The van der Waals surface area contributed by atoms with Gasteiger partial charge >= 0.3 is 0 Å². The molecule has 2 atom stereocenters. The molecule has 1 heterocycles. The van der Waals surface area contributed by atoms with Gasteiger partial charge in [-0.2, -0.15) is 0 Å². The molecule has 0 spiro atoms. The predicted octanol–water partition coefficient (Wildman–Crippen LogP) is 2.00. The van der Waals surface area contributed by atoms with E-state index in [1.807, 2.05) is 0 Å². The van der Waals surface area contributed by atoms with Crippen molar-refractivity contribution in [3.8, 4) is 0 Å². The van der Waals surface area contributed by atoms with Crippen LogP contribution in [0, 0.1) is 5.41 Å². The van der Waals surface area contributed by atoms with Crippen LogP contribution in [0.1, 0.15) is 46.5 Å². The van der Waals surface area contributed by atoms with Gasteiger partial charge in [0.2, 0.25) is 0 Å². The summed E-state index contributed by atoms with van der Waals surface area (Å²) in [5.41, 5.74) is 6.76. The Kier molecular flexibility index (Phi) is 3.81. The average molecular weight is 240 g/mol. The summed E-state index contributed by atoms with van der Waals surface area (Å²) in [6.07, 6.45) is 5.04. The van der Waals surface area contributed by atoms with Gasteiger partial charge in [-0.25, -0.2) is 0 Å². The van der Waals surface area contributed by atoms with E-state index in [4.69, 9.17) is 10.5 Å². The van der Waals surface area contributed by atoms with Crippen molar-refractivity contribution in [2.24, 2.45) is 11.1 Å². The van der Waals surface area contributed by atoms with Gasteiger partial charge in [0.05, 0.1) is 13.2 Å². The summed E-state index contributed by atoms with van der Waals surface area (Å²) in [6.45, 7) is 10.7. The molecule has 0 bridgehead atoms. The molecule has 1 aliphatic heterocycles. The van der Waals surface area contributed by atoms with E-state index in [0.717, 1.165) is 32.7 Å². The summed E-state index contributed by atoms with van der Waals surface area (Å²) in [4.78, 5) is 2.68. The fourth-order valence-electron chi connectivity index (χ4n) is 3.98. The van der Waals surface area contributed by atoms with Crippen molar-refractivity contribution in [3.05, 3.63) is 0 Å². The molecule has 1 saturated heterocycles. The second-order valence-electron chi connectivity index (χ2n) is 6.30. The maximum absolute atomic E-state index is 6.21. The third-order valence-corrected chi connectivity index (χ3v) is 5.24. The Balaban J connectivity index is 2.27. The summed E-state index contributed by atoms with van der Waals surface area (Å²) < 4.78 is 5.64. The Morgan fingerprint density at radius 2 is 2.12 bits per heavy atom. The maximum Gasteiger partial charge on any atom is 0.0622 e. The van der Waals surface area contributed by atoms with E-state index >= 15 is 0 Å². The molecule has 2 N–H and O–H groups in total. The van der Waals surface area contributed by atoms with Crippen molar-refractivity contribution >= 4 is 0 Å². The normalized spacial score (nSPS) is 38.5. The first kappa shape index (κ1) is 13.3. The van der Waals surface area contributed by atoms with Gasteiger partial charge in [0, 0.05) is 24.7 Å². The van der Waals surface area contributed by atoms with E-state index in [2.05, 4.69) is 25.7 Å². The molecule has 2 fully saturated rings. The molecule has 2 unspecified atom stereocenters. The number of nitrogens with zero attached hydrogens (tertiary/aromatic N) is 1. The first-order chi connectivity index (χ1) is 8.07. The molecule has 3 heteroatoms. The van der Waals surface area contributed by atoms with Gasteiger partial charge in [0.25, 0.3) is 0 Å². The monoisotopic (exact) mass is 240 g/mol. The fourth-order valence-corrected chi connectivity index (χ4v) is 3.98. The van der Waals surface area contributed by atoms with Gasteiger partial charge in [0.1, 0.15) is 0 Å². The topological polar surface area (TPSA) is 38.5 Å². The van der Waals surface area contributed by atoms with Gasteiger partial charge in [-0.15, -0.1) is 0 Å². The van der Waals surface area contributed by atoms with Crippen LogP contribution in [0.2, 0.25) is 0 Å². The lowest BCUT2D eigenvalue weighted by Crippen LogP contribution is -2.65. The molecule has 3 nitrogen and oxygen atoms in total. The summed E-state index contributed by atoms with van der Waals surface area (Å²) in [6, 6.07) is 0.560. The Labute approximate surface area is 106 Å². The van der Waals surface area contributed by atoms with E-state index in [1.165, 1.54) is 19.3 Å². The van der Waals surface area contributed by atoms with Crippen LogP contribution in [0.3, 0.4) is 0 Å². The molecule has 0 aromatic heterocycles. The second kappa shape index (κ2) is 4.87. The highest BCUT2D eigenvalue weighted by Gasteiger charge is 2.53. The maximum atomic E-state index is 6.21. The molecule has 2 rings (SSSR count). The van der Waals surface area contributed by atoms with Crippen LogP contribution in [0.5, 0.6) is 0 Å². The molecule has 0 radical (unpaired) electrons.